The van der Waals surface area contributed by atoms with Gasteiger partial charge in [0.25, 0.3) is 0 Å². The molecule has 0 saturated heterocycles. The van der Waals surface area contributed by atoms with Crippen LogP contribution in [0.3, 0.4) is 0 Å². The molecule has 1 N–H and O–H groups in total. The van der Waals surface area contributed by atoms with Crippen molar-refractivity contribution in [2.24, 2.45) is 0 Å². The second-order valence-electron chi connectivity index (χ2n) is 4.87. The van der Waals surface area contributed by atoms with Gasteiger partial charge in [-0.2, -0.15) is 0 Å². The molecule has 1 unspecified atom stereocenters. The van der Waals surface area contributed by atoms with Crippen molar-refractivity contribution in [2.45, 2.75) is 32.2 Å². The first kappa shape index (κ1) is 12.9. The van der Waals surface area contributed by atoms with Crippen molar-refractivity contribution >= 4 is 21.6 Å². The van der Waals surface area contributed by atoms with E-state index in [0.717, 1.165) is 6.54 Å². The first-order valence-electron chi connectivity index (χ1n) is 6.42. The molecule has 1 atom stereocenters. The molecule has 94 valence electrons. The average Bonchev–Trinajstić information content (AvgIpc) is 2.35. The Bertz CT molecular complexity index is 378. The van der Waals surface area contributed by atoms with E-state index in [4.69, 9.17) is 0 Å². The summed E-state index contributed by atoms with van der Waals surface area (Å²) in [6.45, 7) is 4.53. The number of nitrogens with zero attached hydrogens (tertiary/aromatic N) is 1. The zero-order valence-electron chi connectivity index (χ0n) is 10.7. The topological polar surface area (TPSA) is 15.3 Å². The molecule has 17 heavy (non-hydrogen) atoms. The van der Waals surface area contributed by atoms with Crippen LogP contribution in [0.15, 0.2) is 22.7 Å². The molecular formula is C14H21BrN2. The van der Waals surface area contributed by atoms with Crippen LogP contribution >= 0.6 is 15.9 Å². The third-order valence-electron chi connectivity index (χ3n) is 3.59. The second kappa shape index (κ2) is 5.87. The van der Waals surface area contributed by atoms with Gasteiger partial charge in [-0.25, -0.2) is 0 Å². The summed E-state index contributed by atoms with van der Waals surface area (Å²) in [6.07, 6.45) is 3.68. The Balaban J connectivity index is 1.92. The molecule has 1 aliphatic rings. The molecule has 0 spiro atoms. The number of aryl methyl sites for hydroxylation is 1. The van der Waals surface area contributed by atoms with Gasteiger partial charge in [0.05, 0.1) is 0 Å². The fraction of sp³-hybridized carbons (Fsp3) is 0.571. The van der Waals surface area contributed by atoms with Gasteiger partial charge in [0.2, 0.25) is 0 Å². The van der Waals surface area contributed by atoms with Crippen LogP contribution in [0.5, 0.6) is 0 Å². The molecule has 0 aliphatic carbocycles. The molecule has 0 radical (unpaired) electrons. The van der Waals surface area contributed by atoms with Gasteiger partial charge in [0, 0.05) is 16.2 Å². The minimum atomic E-state index is 0.637. The summed E-state index contributed by atoms with van der Waals surface area (Å²) in [5, 5.41) is 3.66. The molecule has 0 saturated carbocycles. The first-order chi connectivity index (χ1) is 8.19. The van der Waals surface area contributed by atoms with E-state index >= 15 is 0 Å². The minimum Gasteiger partial charge on any atom is -0.382 e. The number of halogens is 1. The Morgan fingerprint density at radius 1 is 1.47 bits per heavy atom. The number of hydrogen-bond acceptors (Lipinski definition) is 2. The Hall–Kier alpha value is -0.540. The highest BCUT2D eigenvalue weighted by molar-refractivity contribution is 9.10. The van der Waals surface area contributed by atoms with Crippen molar-refractivity contribution in [1.29, 1.82) is 0 Å². The zero-order chi connectivity index (χ0) is 12.3. The number of hydrogen-bond donors (Lipinski definition) is 1. The van der Waals surface area contributed by atoms with Crippen LogP contribution in [0.4, 0.5) is 5.69 Å². The van der Waals surface area contributed by atoms with Crippen molar-refractivity contribution < 1.29 is 0 Å². The van der Waals surface area contributed by atoms with E-state index in [-0.39, 0.29) is 0 Å². The predicted octanol–water partition coefficient (Wildman–Crippen LogP) is 3.52. The van der Waals surface area contributed by atoms with E-state index in [1.54, 1.807) is 0 Å². The van der Waals surface area contributed by atoms with Crippen LogP contribution < -0.4 is 5.32 Å². The lowest BCUT2D eigenvalue weighted by atomic mass is 9.96. The molecule has 1 aromatic carbocycles. The molecule has 1 heterocycles. The molecule has 2 nitrogen and oxygen atoms in total. The van der Waals surface area contributed by atoms with E-state index in [1.807, 2.05) is 0 Å². The normalized spacial score (nSPS) is 18.9. The minimum absolute atomic E-state index is 0.637. The summed E-state index contributed by atoms with van der Waals surface area (Å²) >= 11 is 3.53. The number of nitrogens with one attached hydrogen (secondary N) is 1. The third kappa shape index (κ3) is 3.46. The van der Waals surface area contributed by atoms with Crippen LogP contribution in [0.1, 0.15) is 25.3 Å². The van der Waals surface area contributed by atoms with Crippen LogP contribution in [-0.2, 0) is 6.42 Å². The van der Waals surface area contributed by atoms with Crippen LogP contribution in [0.25, 0.3) is 0 Å². The van der Waals surface area contributed by atoms with E-state index < -0.39 is 0 Å². The number of rotatable bonds is 4. The lowest BCUT2D eigenvalue weighted by Crippen LogP contribution is -2.30. The molecule has 3 heteroatoms. The van der Waals surface area contributed by atoms with Crippen molar-refractivity contribution in [3.8, 4) is 0 Å². The van der Waals surface area contributed by atoms with Crippen LogP contribution in [0.2, 0.25) is 0 Å². The van der Waals surface area contributed by atoms with Gasteiger partial charge in [0.1, 0.15) is 0 Å². The summed E-state index contributed by atoms with van der Waals surface area (Å²) in [4.78, 5) is 2.37. The van der Waals surface area contributed by atoms with Crippen molar-refractivity contribution in [2.75, 3.05) is 25.5 Å². The van der Waals surface area contributed by atoms with E-state index in [2.05, 4.69) is 58.3 Å². The Labute approximate surface area is 113 Å². The van der Waals surface area contributed by atoms with Gasteiger partial charge in [-0.1, -0.05) is 22.9 Å². The van der Waals surface area contributed by atoms with Crippen molar-refractivity contribution in [3.63, 3.8) is 0 Å². The van der Waals surface area contributed by atoms with E-state index in [1.165, 1.54) is 41.5 Å². The molecule has 0 amide bonds. The molecule has 0 aromatic heterocycles. The maximum absolute atomic E-state index is 3.66. The summed E-state index contributed by atoms with van der Waals surface area (Å²) in [6, 6.07) is 7.18. The van der Waals surface area contributed by atoms with Gasteiger partial charge in [-0.3, -0.25) is 0 Å². The SMILES string of the molecule is CCN(C)CCC1CCc2cc(Br)ccc2N1. The van der Waals surface area contributed by atoms with Crippen LogP contribution in [0, 0.1) is 0 Å². The van der Waals surface area contributed by atoms with Gasteiger partial charge >= 0.3 is 0 Å². The maximum atomic E-state index is 3.66. The van der Waals surface area contributed by atoms with Gasteiger partial charge < -0.3 is 10.2 Å². The molecule has 0 bridgehead atoms. The number of fused-ring (bicyclic) bond motifs is 1. The largest absolute Gasteiger partial charge is 0.382 e. The predicted molar refractivity (Wildman–Crippen MR) is 77.7 cm³/mol. The van der Waals surface area contributed by atoms with E-state index in [9.17, 15) is 0 Å². The molecule has 1 aliphatic heterocycles. The molecule has 2 rings (SSSR count). The summed E-state index contributed by atoms with van der Waals surface area (Å²) in [7, 11) is 2.19. The number of benzene rings is 1. The Morgan fingerprint density at radius 3 is 3.06 bits per heavy atom. The lowest BCUT2D eigenvalue weighted by molar-refractivity contribution is 0.333. The van der Waals surface area contributed by atoms with Gasteiger partial charge in [-0.15, -0.1) is 0 Å². The second-order valence-corrected chi connectivity index (χ2v) is 5.78. The fourth-order valence-corrected chi connectivity index (χ4v) is 2.69. The standard InChI is InChI=1S/C14H21BrN2/c1-3-17(2)9-8-13-6-4-11-10-12(15)5-7-14(11)16-13/h5,7,10,13,16H,3-4,6,8-9H2,1-2H3. The maximum Gasteiger partial charge on any atom is 0.0375 e. The highest BCUT2D eigenvalue weighted by Gasteiger charge is 2.17. The van der Waals surface area contributed by atoms with Crippen molar-refractivity contribution in [1.82, 2.24) is 4.90 Å². The summed E-state index contributed by atoms with van der Waals surface area (Å²) < 4.78 is 1.18. The molecule has 1 aromatic rings. The number of anilines is 1. The van der Waals surface area contributed by atoms with Crippen molar-refractivity contribution in [3.05, 3.63) is 28.2 Å². The molecule has 0 fully saturated rings. The lowest BCUT2D eigenvalue weighted by Gasteiger charge is -2.28. The smallest absolute Gasteiger partial charge is 0.0375 e. The van der Waals surface area contributed by atoms with E-state index in [0.29, 0.717) is 6.04 Å². The Kier molecular flexibility index (Phi) is 4.46. The highest BCUT2D eigenvalue weighted by atomic mass is 79.9. The van der Waals surface area contributed by atoms with Crippen LogP contribution in [-0.4, -0.2) is 31.1 Å². The zero-order valence-corrected chi connectivity index (χ0v) is 12.3. The average molecular weight is 297 g/mol. The monoisotopic (exact) mass is 296 g/mol. The summed E-state index contributed by atoms with van der Waals surface area (Å²) in [5.41, 5.74) is 2.77. The van der Waals surface area contributed by atoms with Gasteiger partial charge in [-0.05, 0) is 63.2 Å². The quantitative estimate of drug-likeness (QED) is 0.915. The van der Waals surface area contributed by atoms with Gasteiger partial charge in [0.15, 0.2) is 0 Å². The first-order valence-corrected chi connectivity index (χ1v) is 7.22. The summed E-state index contributed by atoms with van der Waals surface area (Å²) in [5.74, 6) is 0. The highest BCUT2D eigenvalue weighted by Crippen LogP contribution is 2.28. The fourth-order valence-electron chi connectivity index (χ4n) is 2.28. The third-order valence-corrected chi connectivity index (χ3v) is 4.08. The Morgan fingerprint density at radius 2 is 2.29 bits per heavy atom. The molecular weight excluding hydrogens is 276 g/mol.